The SMILES string of the molecule is c1ccc2c(c1)Sc1cc3c(cc1C21c2ccccc2-c2ccccc21)c1c2ccccc2ccc1n3-c1ccc(-c2ccc3ccccc3c2)cc1. The van der Waals surface area contributed by atoms with Crippen LogP contribution < -0.4 is 0 Å². The molecule has 53 heavy (non-hydrogen) atoms. The predicted molar refractivity (Wildman–Crippen MR) is 223 cm³/mol. The molecule has 0 saturated carbocycles. The molecule has 0 amide bonds. The van der Waals surface area contributed by atoms with E-state index >= 15 is 0 Å². The molecule has 1 aromatic heterocycles. The van der Waals surface area contributed by atoms with E-state index in [0.29, 0.717) is 0 Å². The Morgan fingerprint density at radius 2 is 1.00 bits per heavy atom. The molecular weight excluding hydrogens is 659 g/mol. The van der Waals surface area contributed by atoms with E-state index in [2.05, 4.69) is 193 Å². The van der Waals surface area contributed by atoms with Gasteiger partial charge in [-0.05, 0) is 109 Å². The lowest BCUT2D eigenvalue weighted by Gasteiger charge is -2.39. The number of benzene rings is 9. The number of hydrogen-bond donors (Lipinski definition) is 0. The van der Waals surface area contributed by atoms with E-state index in [9.17, 15) is 0 Å². The Hall–Kier alpha value is -6.35. The maximum absolute atomic E-state index is 2.56. The summed E-state index contributed by atoms with van der Waals surface area (Å²) in [4.78, 5) is 2.63. The van der Waals surface area contributed by atoms with Crippen molar-refractivity contribution in [3.8, 4) is 27.9 Å². The highest BCUT2D eigenvalue weighted by Gasteiger charge is 2.50. The van der Waals surface area contributed by atoms with Crippen molar-refractivity contribution in [1.82, 2.24) is 4.57 Å². The molecule has 2 heterocycles. The molecule has 2 aliphatic rings. The normalized spacial score (nSPS) is 13.7. The Labute approximate surface area is 311 Å². The fraction of sp³-hybridized carbons (Fsp3) is 0.0196. The molecule has 1 aliphatic heterocycles. The van der Waals surface area contributed by atoms with Crippen LogP contribution in [0.3, 0.4) is 0 Å². The second kappa shape index (κ2) is 10.8. The maximum atomic E-state index is 2.56. The van der Waals surface area contributed by atoms with Gasteiger partial charge >= 0.3 is 0 Å². The van der Waals surface area contributed by atoms with Crippen molar-refractivity contribution in [3.05, 3.63) is 210 Å². The Kier molecular flexibility index (Phi) is 5.98. The Morgan fingerprint density at radius 1 is 0.377 bits per heavy atom. The van der Waals surface area contributed by atoms with E-state index in [1.54, 1.807) is 0 Å². The quantitative estimate of drug-likeness (QED) is 0.175. The number of rotatable bonds is 2. The first-order chi connectivity index (χ1) is 26.3. The molecule has 0 fully saturated rings. The van der Waals surface area contributed by atoms with Crippen LogP contribution in [0.15, 0.2) is 198 Å². The minimum Gasteiger partial charge on any atom is -0.309 e. The average molecular weight is 690 g/mol. The summed E-state index contributed by atoms with van der Waals surface area (Å²) in [7, 11) is 0. The molecule has 0 bridgehead atoms. The summed E-state index contributed by atoms with van der Waals surface area (Å²) in [6.07, 6.45) is 0. The molecule has 0 N–H and O–H groups in total. The van der Waals surface area contributed by atoms with E-state index in [4.69, 9.17) is 0 Å². The van der Waals surface area contributed by atoms with Crippen LogP contribution in [-0.2, 0) is 5.41 Å². The lowest BCUT2D eigenvalue weighted by atomic mass is 9.67. The van der Waals surface area contributed by atoms with Gasteiger partial charge < -0.3 is 4.57 Å². The third-order valence-corrected chi connectivity index (χ3v) is 13.0. The molecule has 0 saturated heterocycles. The Balaban J connectivity index is 1.16. The highest BCUT2D eigenvalue weighted by molar-refractivity contribution is 7.99. The topological polar surface area (TPSA) is 4.93 Å². The number of nitrogens with zero attached hydrogens (tertiary/aromatic N) is 1. The van der Waals surface area contributed by atoms with Gasteiger partial charge in [-0.25, -0.2) is 0 Å². The van der Waals surface area contributed by atoms with Crippen LogP contribution in [0.4, 0.5) is 0 Å². The molecule has 1 aliphatic carbocycles. The first kappa shape index (κ1) is 29.3. The summed E-state index contributed by atoms with van der Waals surface area (Å²) in [5.41, 5.74) is 13.8. The van der Waals surface area contributed by atoms with Crippen molar-refractivity contribution in [1.29, 1.82) is 0 Å². The van der Waals surface area contributed by atoms with Gasteiger partial charge in [0.05, 0.1) is 16.4 Å². The van der Waals surface area contributed by atoms with Crippen LogP contribution in [0.5, 0.6) is 0 Å². The van der Waals surface area contributed by atoms with Crippen molar-refractivity contribution in [2.45, 2.75) is 15.2 Å². The molecule has 0 atom stereocenters. The molecular formula is C51H31NS. The van der Waals surface area contributed by atoms with Gasteiger partial charge in [-0.2, -0.15) is 0 Å². The van der Waals surface area contributed by atoms with Crippen LogP contribution in [0.25, 0.3) is 71.3 Å². The minimum absolute atomic E-state index is 0.418. The number of fused-ring (bicyclic) bond motifs is 15. The zero-order valence-electron chi connectivity index (χ0n) is 28.8. The van der Waals surface area contributed by atoms with E-state index in [1.165, 1.54) is 97.6 Å². The molecule has 2 heteroatoms. The van der Waals surface area contributed by atoms with Crippen molar-refractivity contribution in [2.24, 2.45) is 0 Å². The van der Waals surface area contributed by atoms with Crippen molar-refractivity contribution >= 4 is 55.1 Å². The predicted octanol–water partition coefficient (Wildman–Crippen LogP) is 13.6. The fourth-order valence-electron chi connectivity index (χ4n) is 9.59. The molecule has 1 spiro atoms. The lowest BCUT2D eigenvalue weighted by Crippen LogP contribution is -2.31. The van der Waals surface area contributed by atoms with E-state index in [0.717, 1.165) is 5.69 Å². The average Bonchev–Trinajstić information content (AvgIpc) is 3.71. The second-order valence-corrected chi connectivity index (χ2v) is 15.5. The smallest absolute Gasteiger partial charge is 0.0735 e. The monoisotopic (exact) mass is 689 g/mol. The van der Waals surface area contributed by atoms with Gasteiger partial charge in [-0.1, -0.05) is 157 Å². The van der Waals surface area contributed by atoms with Gasteiger partial charge in [0.25, 0.3) is 0 Å². The minimum atomic E-state index is -0.418. The highest BCUT2D eigenvalue weighted by Crippen LogP contribution is 2.62. The Morgan fingerprint density at radius 3 is 1.79 bits per heavy atom. The maximum Gasteiger partial charge on any atom is 0.0735 e. The summed E-state index contributed by atoms with van der Waals surface area (Å²) >= 11 is 1.91. The van der Waals surface area contributed by atoms with Gasteiger partial charge in [0.15, 0.2) is 0 Å². The lowest BCUT2D eigenvalue weighted by molar-refractivity contribution is 0.724. The largest absolute Gasteiger partial charge is 0.309 e. The summed E-state index contributed by atoms with van der Waals surface area (Å²) < 4.78 is 2.49. The van der Waals surface area contributed by atoms with E-state index in [1.807, 2.05) is 11.8 Å². The van der Waals surface area contributed by atoms with Crippen LogP contribution in [-0.4, -0.2) is 4.57 Å². The molecule has 10 aromatic rings. The van der Waals surface area contributed by atoms with E-state index < -0.39 is 5.41 Å². The Bertz CT molecular complexity index is 3100. The molecule has 1 nitrogen and oxygen atoms in total. The van der Waals surface area contributed by atoms with Crippen LogP contribution in [0, 0.1) is 0 Å². The van der Waals surface area contributed by atoms with Crippen molar-refractivity contribution in [2.75, 3.05) is 0 Å². The summed E-state index contributed by atoms with van der Waals surface area (Å²) in [5, 5.41) is 7.66. The summed E-state index contributed by atoms with van der Waals surface area (Å²) in [6, 6.07) is 70.3. The molecule has 246 valence electrons. The number of hydrogen-bond acceptors (Lipinski definition) is 1. The van der Waals surface area contributed by atoms with Crippen LogP contribution >= 0.6 is 11.8 Å². The zero-order chi connectivity index (χ0) is 34.7. The first-order valence-corrected chi connectivity index (χ1v) is 19.2. The molecule has 0 radical (unpaired) electrons. The van der Waals surface area contributed by atoms with Gasteiger partial charge in [0.1, 0.15) is 0 Å². The number of aromatic nitrogens is 1. The molecule has 12 rings (SSSR count). The third kappa shape index (κ3) is 3.94. The highest BCUT2D eigenvalue weighted by atomic mass is 32.2. The van der Waals surface area contributed by atoms with Crippen LogP contribution in [0.2, 0.25) is 0 Å². The van der Waals surface area contributed by atoms with Gasteiger partial charge in [0, 0.05) is 26.3 Å². The van der Waals surface area contributed by atoms with Crippen LogP contribution in [0.1, 0.15) is 22.3 Å². The van der Waals surface area contributed by atoms with Crippen molar-refractivity contribution < 1.29 is 0 Å². The zero-order valence-corrected chi connectivity index (χ0v) is 29.6. The third-order valence-electron chi connectivity index (χ3n) is 11.8. The first-order valence-electron chi connectivity index (χ1n) is 18.3. The van der Waals surface area contributed by atoms with Gasteiger partial charge in [0.2, 0.25) is 0 Å². The summed E-state index contributed by atoms with van der Waals surface area (Å²) in [5.74, 6) is 0. The fourth-order valence-corrected chi connectivity index (χ4v) is 10.8. The molecule has 0 unspecified atom stereocenters. The van der Waals surface area contributed by atoms with Gasteiger partial charge in [-0.15, -0.1) is 0 Å². The van der Waals surface area contributed by atoms with Gasteiger partial charge in [-0.3, -0.25) is 0 Å². The second-order valence-electron chi connectivity index (χ2n) is 14.4. The summed E-state index contributed by atoms with van der Waals surface area (Å²) in [6.45, 7) is 0. The van der Waals surface area contributed by atoms with Crippen molar-refractivity contribution in [3.63, 3.8) is 0 Å². The standard InChI is InChI=1S/C51H31NS/c1-2-13-35-29-36(22-21-32(35)11-1)33-23-26-37(27-24-33)52-46-28-25-34-12-3-4-14-38(34)50(46)41-30-45-49(31-47(41)52)53-48-20-10-9-19-44(48)51(45)42-17-7-5-15-39(42)40-16-6-8-18-43(40)51/h1-31H. The van der Waals surface area contributed by atoms with E-state index in [-0.39, 0.29) is 0 Å². The molecule has 9 aromatic carbocycles.